The molecule has 1 N–H and O–H groups in total. The summed E-state index contributed by atoms with van der Waals surface area (Å²) in [5.74, 6) is -1.25. The molecule has 0 aromatic heterocycles. The third-order valence-corrected chi connectivity index (χ3v) is 9.85. The second kappa shape index (κ2) is 13.7. The van der Waals surface area contributed by atoms with E-state index in [0.717, 1.165) is 41.1 Å². The van der Waals surface area contributed by atoms with E-state index in [2.05, 4.69) is 5.32 Å². The van der Waals surface area contributed by atoms with Crippen LogP contribution in [0.1, 0.15) is 55.7 Å². The first kappa shape index (κ1) is 31.5. The Morgan fingerprint density at radius 3 is 2.21 bits per heavy atom. The summed E-state index contributed by atoms with van der Waals surface area (Å²) in [4.78, 5) is 29.1. The number of sulfonamides is 1. The van der Waals surface area contributed by atoms with Gasteiger partial charge < -0.3 is 10.2 Å². The van der Waals surface area contributed by atoms with Crippen LogP contribution in [0.25, 0.3) is 0 Å². The van der Waals surface area contributed by atoms with Crippen molar-refractivity contribution in [3.8, 4) is 0 Å². The highest BCUT2D eigenvalue weighted by Gasteiger charge is 2.34. The van der Waals surface area contributed by atoms with Gasteiger partial charge in [-0.05, 0) is 98.3 Å². The van der Waals surface area contributed by atoms with Crippen molar-refractivity contribution in [3.63, 3.8) is 0 Å². The Labute approximate surface area is 252 Å². The number of carbonyl (C=O) groups is 2. The fourth-order valence-corrected chi connectivity index (χ4v) is 6.75. The minimum atomic E-state index is -4.20. The van der Waals surface area contributed by atoms with Gasteiger partial charge in [0.2, 0.25) is 11.8 Å². The molecule has 1 saturated carbocycles. The lowest BCUT2D eigenvalue weighted by molar-refractivity contribution is -0.140. The van der Waals surface area contributed by atoms with E-state index in [1.165, 1.54) is 41.3 Å². The van der Waals surface area contributed by atoms with E-state index in [-0.39, 0.29) is 23.4 Å². The smallest absolute Gasteiger partial charge is 0.264 e. The summed E-state index contributed by atoms with van der Waals surface area (Å²) in [5.41, 5.74) is 2.78. The molecule has 7 nitrogen and oxygen atoms in total. The Hall–Kier alpha value is -3.43. The van der Waals surface area contributed by atoms with Crippen molar-refractivity contribution >= 4 is 39.1 Å². The Kier molecular flexibility index (Phi) is 10.3. The maximum Gasteiger partial charge on any atom is 0.264 e. The molecule has 0 bridgehead atoms. The van der Waals surface area contributed by atoms with Gasteiger partial charge in [0.25, 0.3) is 10.0 Å². The number of rotatable bonds is 11. The highest BCUT2D eigenvalue weighted by atomic mass is 35.5. The van der Waals surface area contributed by atoms with E-state index in [1.807, 2.05) is 20.8 Å². The Bertz CT molecular complexity index is 1510. The fourth-order valence-electron chi connectivity index (χ4n) is 5.22. The molecule has 1 unspecified atom stereocenters. The molecule has 0 saturated heterocycles. The van der Waals surface area contributed by atoms with E-state index in [0.29, 0.717) is 22.7 Å². The number of halogens is 2. The van der Waals surface area contributed by atoms with Crippen LogP contribution in [-0.2, 0) is 26.2 Å². The minimum absolute atomic E-state index is 0.0114. The number of benzene rings is 3. The second-order valence-corrected chi connectivity index (χ2v) is 13.1. The van der Waals surface area contributed by atoms with E-state index in [1.54, 1.807) is 30.3 Å². The topological polar surface area (TPSA) is 86.8 Å². The average molecular weight is 614 g/mol. The predicted octanol–water partition coefficient (Wildman–Crippen LogP) is 6.16. The number of hydrogen-bond donors (Lipinski definition) is 1. The molecule has 1 atom stereocenters. The summed E-state index contributed by atoms with van der Waals surface area (Å²) in [7, 11) is -4.20. The molecule has 10 heteroatoms. The Morgan fingerprint density at radius 2 is 1.62 bits per heavy atom. The lowest BCUT2D eigenvalue weighted by Crippen LogP contribution is -2.53. The molecule has 2 amide bonds. The molecular formula is C32H37ClFN3O4S. The van der Waals surface area contributed by atoms with Crippen LogP contribution in [0.2, 0.25) is 5.02 Å². The van der Waals surface area contributed by atoms with E-state index in [4.69, 9.17) is 11.6 Å². The molecule has 42 heavy (non-hydrogen) atoms. The van der Waals surface area contributed by atoms with Crippen molar-refractivity contribution in [1.29, 1.82) is 0 Å². The number of carbonyl (C=O) groups excluding carboxylic acids is 2. The normalized spacial score (nSPS) is 14.4. The zero-order valence-corrected chi connectivity index (χ0v) is 25.7. The summed E-state index contributed by atoms with van der Waals surface area (Å²) in [6, 6.07) is 15.9. The van der Waals surface area contributed by atoms with Crippen LogP contribution >= 0.6 is 11.6 Å². The lowest BCUT2D eigenvalue weighted by Gasteiger charge is -2.34. The van der Waals surface area contributed by atoms with Crippen molar-refractivity contribution in [2.75, 3.05) is 10.8 Å². The van der Waals surface area contributed by atoms with E-state index < -0.39 is 34.3 Å². The SMILES string of the molecule is CCC(C(=O)NC1CCCC1)N(Cc1ccc(F)cc1)C(=O)CN(c1ccc(C)c(C)c1)S(=O)(=O)c1ccc(Cl)cc1. The first-order valence-electron chi connectivity index (χ1n) is 14.2. The van der Waals surface area contributed by atoms with Crippen LogP contribution in [-0.4, -0.2) is 43.8 Å². The van der Waals surface area contributed by atoms with Crippen molar-refractivity contribution in [2.24, 2.45) is 0 Å². The Balaban J connectivity index is 1.73. The van der Waals surface area contributed by atoms with Gasteiger partial charge in [0.05, 0.1) is 10.6 Å². The van der Waals surface area contributed by atoms with Crippen LogP contribution in [0.4, 0.5) is 10.1 Å². The molecule has 1 aliphatic rings. The molecule has 1 aliphatic carbocycles. The number of nitrogens with zero attached hydrogens (tertiary/aromatic N) is 2. The number of aryl methyl sites for hydroxylation is 2. The van der Waals surface area contributed by atoms with Gasteiger partial charge in [-0.15, -0.1) is 0 Å². The first-order valence-corrected chi connectivity index (χ1v) is 16.0. The average Bonchev–Trinajstić information content (AvgIpc) is 3.47. The predicted molar refractivity (Wildman–Crippen MR) is 163 cm³/mol. The summed E-state index contributed by atoms with van der Waals surface area (Å²) in [5, 5.41) is 3.46. The number of nitrogens with one attached hydrogen (secondary N) is 1. The molecule has 224 valence electrons. The third kappa shape index (κ3) is 7.50. The van der Waals surface area contributed by atoms with Crippen molar-refractivity contribution in [3.05, 3.63) is 94.3 Å². The zero-order valence-electron chi connectivity index (χ0n) is 24.1. The van der Waals surface area contributed by atoms with Crippen LogP contribution in [0.3, 0.4) is 0 Å². The van der Waals surface area contributed by atoms with Gasteiger partial charge in [0.1, 0.15) is 18.4 Å². The highest BCUT2D eigenvalue weighted by molar-refractivity contribution is 7.92. The summed E-state index contributed by atoms with van der Waals surface area (Å²) in [6.45, 7) is 5.07. The quantitative estimate of drug-likeness (QED) is 0.281. The summed E-state index contributed by atoms with van der Waals surface area (Å²) in [6.07, 6.45) is 4.15. The number of hydrogen-bond acceptors (Lipinski definition) is 4. The minimum Gasteiger partial charge on any atom is -0.352 e. The van der Waals surface area contributed by atoms with Gasteiger partial charge in [-0.25, -0.2) is 12.8 Å². The van der Waals surface area contributed by atoms with Crippen molar-refractivity contribution in [2.45, 2.75) is 76.4 Å². The molecule has 1 fully saturated rings. The molecule has 0 aliphatic heterocycles. The summed E-state index contributed by atoms with van der Waals surface area (Å²) < 4.78 is 42.7. The zero-order chi connectivity index (χ0) is 30.4. The second-order valence-electron chi connectivity index (χ2n) is 10.8. The molecule has 3 aromatic carbocycles. The van der Waals surface area contributed by atoms with Crippen LogP contribution in [0.15, 0.2) is 71.6 Å². The monoisotopic (exact) mass is 613 g/mol. The van der Waals surface area contributed by atoms with Crippen molar-refractivity contribution in [1.82, 2.24) is 10.2 Å². The molecule has 3 aromatic rings. The van der Waals surface area contributed by atoms with Gasteiger partial charge in [-0.3, -0.25) is 13.9 Å². The maximum atomic E-state index is 14.2. The van der Waals surface area contributed by atoms with Gasteiger partial charge in [-0.2, -0.15) is 0 Å². The van der Waals surface area contributed by atoms with Crippen LogP contribution in [0.5, 0.6) is 0 Å². The number of amides is 2. The summed E-state index contributed by atoms with van der Waals surface area (Å²) >= 11 is 6.02. The van der Waals surface area contributed by atoms with E-state index >= 15 is 0 Å². The third-order valence-electron chi connectivity index (χ3n) is 7.81. The highest BCUT2D eigenvalue weighted by Crippen LogP contribution is 2.28. The van der Waals surface area contributed by atoms with Crippen LogP contribution < -0.4 is 9.62 Å². The molecule has 0 radical (unpaired) electrons. The lowest BCUT2D eigenvalue weighted by atomic mass is 10.1. The van der Waals surface area contributed by atoms with Gasteiger partial charge in [0, 0.05) is 17.6 Å². The maximum absolute atomic E-state index is 14.2. The van der Waals surface area contributed by atoms with Crippen molar-refractivity contribution < 1.29 is 22.4 Å². The first-order chi connectivity index (χ1) is 20.0. The van der Waals surface area contributed by atoms with E-state index in [9.17, 15) is 22.4 Å². The molecule has 0 spiro atoms. The molecular weight excluding hydrogens is 577 g/mol. The fraction of sp³-hybridized carbons (Fsp3) is 0.375. The van der Waals surface area contributed by atoms with Gasteiger partial charge in [0.15, 0.2) is 0 Å². The van der Waals surface area contributed by atoms with Gasteiger partial charge >= 0.3 is 0 Å². The van der Waals surface area contributed by atoms with Gasteiger partial charge in [-0.1, -0.05) is 49.6 Å². The number of anilines is 1. The van der Waals surface area contributed by atoms with Crippen LogP contribution in [0, 0.1) is 19.7 Å². The largest absolute Gasteiger partial charge is 0.352 e. The Morgan fingerprint density at radius 1 is 0.976 bits per heavy atom. The molecule has 4 rings (SSSR count). The standard InChI is InChI=1S/C32H37ClFN3O4S/c1-4-30(32(39)35-27-7-5-6-8-27)36(20-24-10-14-26(34)15-11-24)31(38)21-37(28-16-9-22(2)23(3)19-28)42(40,41)29-17-12-25(33)13-18-29/h9-19,27,30H,4-8,20-21H2,1-3H3,(H,35,39). The molecule has 0 heterocycles.